The summed E-state index contributed by atoms with van der Waals surface area (Å²) in [6.45, 7) is 3.70. The summed E-state index contributed by atoms with van der Waals surface area (Å²) in [6.07, 6.45) is 0.563. The number of carbonyl (C=O) groups excluding carboxylic acids is 1. The van der Waals surface area contributed by atoms with E-state index in [2.05, 4.69) is 5.32 Å². The molecule has 0 spiro atoms. The summed E-state index contributed by atoms with van der Waals surface area (Å²) in [5.41, 5.74) is -0.515. The van der Waals surface area contributed by atoms with Gasteiger partial charge in [0.2, 0.25) is 0 Å². The van der Waals surface area contributed by atoms with Crippen LogP contribution < -0.4 is 5.32 Å². The number of amides is 1. The monoisotopic (exact) mass is 223 g/mol. The second-order valence-corrected chi connectivity index (χ2v) is 4.08. The second-order valence-electron chi connectivity index (χ2n) is 4.08. The molecule has 0 aromatic heterocycles. The summed E-state index contributed by atoms with van der Waals surface area (Å²) < 4.78 is 0. The third-order valence-electron chi connectivity index (χ3n) is 2.50. The zero-order valence-corrected chi connectivity index (χ0v) is 9.53. The predicted molar refractivity (Wildman–Crippen MR) is 61.4 cm³/mol. The van der Waals surface area contributed by atoms with Crippen molar-refractivity contribution < 1.29 is 15.0 Å². The lowest BCUT2D eigenvalue weighted by atomic mass is 10.0. The van der Waals surface area contributed by atoms with Crippen LogP contribution in [0.15, 0.2) is 24.3 Å². The van der Waals surface area contributed by atoms with Gasteiger partial charge in [0.05, 0.1) is 5.60 Å². The molecule has 0 heterocycles. The molecule has 1 unspecified atom stereocenters. The molecule has 4 heteroatoms. The Balaban J connectivity index is 2.60. The lowest BCUT2D eigenvalue weighted by molar-refractivity contribution is 0.0518. The predicted octanol–water partition coefficient (Wildman–Crippen LogP) is 1.28. The van der Waals surface area contributed by atoms with Gasteiger partial charge in [0, 0.05) is 12.1 Å². The number of hydrogen-bond donors (Lipinski definition) is 3. The molecule has 3 N–H and O–H groups in total. The molecule has 0 aliphatic heterocycles. The van der Waals surface area contributed by atoms with Crippen molar-refractivity contribution in [1.82, 2.24) is 5.32 Å². The van der Waals surface area contributed by atoms with Crippen molar-refractivity contribution in [2.45, 2.75) is 25.9 Å². The Morgan fingerprint density at radius 3 is 2.75 bits per heavy atom. The van der Waals surface area contributed by atoms with Crippen LogP contribution in [0.5, 0.6) is 5.75 Å². The summed E-state index contributed by atoms with van der Waals surface area (Å²) in [6, 6.07) is 6.09. The molecule has 0 saturated heterocycles. The van der Waals surface area contributed by atoms with Crippen molar-refractivity contribution in [2.24, 2.45) is 0 Å². The van der Waals surface area contributed by atoms with Gasteiger partial charge in [-0.05, 0) is 31.5 Å². The summed E-state index contributed by atoms with van der Waals surface area (Å²) in [4.78, 5) is 11.6. The fourth-order valence-electron chi connectivity index (χ4n) is 1.14. The highest BCUT2D eigenvalue weighted by molar-refractivity contribution is 5.94. The lowest BCUT2D eigenvalue weighted by Gasteiger charge is -2.21. The van der Waals surface area contributed by atoms with E-state index in [9.17, 15) is 15.0 Å². The maximum atomic E-state index is 11.6. The van der Waals surface area contributed by atoms with Crippen molar-refractivity contribution in [3.63, 3.8) is 0 Å². The van der Waals surface area contributed by atoms with Gasteiger partial charge in [-0.15, -0.1) is 0 Å². The minimum Gasteiger partial charge on any atom is -0.508 e. The first-order valence-electron chi connectivity index (χ1n) is 5.24. The van der Waals surface area contributed by atoms with Crippen molar-refractivity contribution in [3.8, 4) is 5.75 Å². The largest absolute Gasteiger partial charge is 0.508 e. The molecule has 1 aromatic carbocycles. The normalized spacial score (nSPS) is 14.2. The van der Waals surface area contributed by atoms with E-state index in [0.29, 0.717) is 12.0 Å². The SMILES string of the molecule is CCC(C)(O)CNC(=O)c1cccc(O)c1. The molecule has 0 bridgehead atoms. The minimum atomic E-state index is -0.896. The molecule has 1 aromatic rings. The summed E-state index contributed by atoms with van der Waals surface area (Å²) in [5, 5.41) is 21.5. The zero-order chi connectivity index (χ0) is 12.2. The number of phenols is 1. The van der Waals surface area contributed by atoms with E-state index in [1.165, 1.54) is 12.1 Å². The van der Waals surface area contributed by atoms with Crippen molar-refractivity contribution >= 4 is 5.91 Å². The van der Waals surface area contributed by atoms with Crippen LogP contribution in [0.1, 0.15) is 30.6 Å². The van der Waals surface area contributed by atoms with Gasteiger partial charge in [0.1, 0.15) is 5.75 Å². The van der Waals surface area contributed by atoms with E-state index in [1.807, 2.05) is 6.92 Å². The Kier molecular flexibility index (Phi) is 3.90. The van der Waals surface area contributed by atoms with Crippen LogP contribution in [0.2, 0.25) is 0 Å². The van der Waals surface area contributed by atoms with Gasteiger partial charge in [0.15, 0.2) is 0 Å². The van der Waals surface area contributed by atoms with E-state index in [4.69, 9.17) is 0 Å². The minimum absolute atomic E-state index is 0.0508. The second kappa shape index (κ2) is 4.99. The lowest BCUT2D eigenvalue weighted by Crippen LogP contribution is -2.40. The number of carbonyl (C=O) groups is 1. The summed E-state index contributed by atoms with van der Waals surface area (Å²) >= 11 is 0. The number of benzene rings is 1. The van der Waals surface area contributed by atoms with E-state index < -0.39 is 5.60 Å². The molecule has 0 aliphatic rings. The third-order valence-corrected chi connectivity index (χ3v) is 2.50. The van der Waals surface area contributed by atoms with Crippen molar-refractivity contribution in [3.05, 3.63) is 29.8 Å². The highest BCUT2D eigenvalue weighted by atomic mass is 16.3. The van der Waals surface area contributed by atoms with Gasteiger partial charge in [-0.1, -0.05) is 13.0 Å². The first-order chi connectivity index (χ1) is 7.44. The highest BCUT2D eigenvalue weighted by Crippen LogP contribution is 2.11. The van der Waals surface area contributed by atoms with Crippen LogP contribution in [0.3, 0.4) is 0 Å². The Hall–Kier alpha value is -1.55. The fraction of sp³-hybridized carbons (Fsp3) is 0.417. The van der Waals surface area contributed by atoms with Gasteiger partial charge in [0.25, 0.3) is 5.91 Å². The topological polar surface area (TPSA) is 69.6 Å². The average molecular weight is 223 g/mol. The van der Waals surface area contributed by atoms with Crippen molar-refractivity contribution in [2.75, 3.05) is 6.54 Å². The number of aliphatic hydroxyl groups is 1. The quantitative estimate of drug-likeness (QED) is 0.720. The molecule has 0 fully saturated rings. The molecule has 0 radical (unpaired) electrons. The number of phenolic OH excluding ortho intramolecular Hbond substituents is 1. The molecule has 0 saturated carbocycles. The molecular weight excluding hydrogens is 206 g/mol. The smallest absolute Gasteiger partial charge is 0.251 e. The zero-order valence-electron chi connectivity index (χ0n) is 9.53. The number of hydrogen-bond acceptors (Lipinski definition) is 3. The van der Waals surface area contributed by atoms with E-state index in [0.717, 1.165) is 0 Å². The van der Waals surface area contributed by atoms with Crippen LogP contribution in [-0.4, -0.2) is 28.3 Å². The van der Waals surface area contributed by atoms with Crippen LogP contribution in [0.25, 0.3) is 0 Å². The third kappa shape index (κ3) is 3.55. The Labute approximate surface area is 94.9 Å². The number of nitrogens with one attached hydrogen (secondary N) is 1. The Morgan fingerprint density at radius 1 is 1.50 bits per heavy atom. The maximum Gasteiger partial charge on any atom is 0.251 e. The van der Waals surface area contributed by atoms with Gasteiger partial charge in [-0.3, -0.25) is 4.79 Å². The highest BCUT2D eigenvalue weighted by Gasteiger charge is 2.18. The van der Waals surface area contributed by atoms with Crippen molar-refractivity contribution in [1.29, 1.82) is 0 Å². The summed E-state index contributed by atoms with van der Waals surface area (Å²) in [7, 11) is 0. The Morgan fingerprint density at radius 2 is 2.19 bits per heavy atom. The molecule has 88 valence electrons. The fourth-order valence-corrected chi connectivity index (χ4v) is 1.14. The average Bonchev–Trinajstić information content (AvgIpc) is 2.26. The molecule has 1 amide bonds. The molecule has 0 aliphatic carbocycles. The molecule has 4 nitrogen and oxygen atoms in total. The summed E-state index contributed by atoms with van der Waals surface area (Å²) in [5.74, 6) is -0.250. The van der Waals surface area contributed by atoms with Gasteiger partial charge < -0.3 is 15.5 Å². The van der Waals surface area contributed by atoms with Gasteiger partial charge in [-0.2, -0.15) is 0 Å². The first kappa shape index (κ1) is 12.5. The van der Waals surface area contributed by atoms with Crippen LogP contribution >= 0.6 is 0 Å². The molecule has 1 atom stereocenters. The molecular formula is C12H17NO3. The van der Waals surface area contributed by atoms with Crippen LogP contribution in [0, 0.1) is 0 Å². The van der Waals surface area contributed by atoms with Crippen LogP contribution in [0.4, 0.5) is 0 Å². The van der Waals surface area contributed by atoms with Crippen LogP contribution in [-0.2, 0) is 0 Å². The number of aromatic hydroxyl groups is 1. The number of rotatable bonds is 4. The Bertz CT molecular complexity index is 374. The molecule has 1 rings (SSSR count). The van der Waals surface area contributed by atoms with Gasteiger partial charge >= 0.3 is 0 Å². The first-order valence-corrected chi connectivity index (χ1v) is 5.24. The van der Waals surface area contributed by atoms with Gasteiger partial charge in [-0.25, -0.2) is 0 Å². The van der Waals surface area contributed by atoms with E-state index in [-0.39, 0.29) is 18.2 Å². The maximum absolute atomic E-state index is 11.6. The standard InChI is InChI=1S/C12H17NO3/c1-3-12(2,16)8-13-11(15)9-5-4-6-10(14)7-9/h4-7,14,16H,3,8H2,1-2H3,(H,13,15). The molecule has 16 heavy (non-hydrogen) atoms. The van der Waals surface area contributed by atoms with E-state index in [1.54, 1.807) is 19.1 Å². The van der Waals surface area contributed by atoms with E-state index >= 15 is 0 Å².